The van der Waals surface area contributed by atoms with Crippen molar-refractivity contribution < 1.29 is 9.90 Å². The molecule has 0 bridgehead atoms. The molecule has 0 aliphatic carbocycles. The molecule has 0 aliphatic heterocycles. The van der Waals surface area contributed by atoms with Gasteiger partial charge < -0.3 is 10.4 Å². The van der Waals surface area contributed by atoms with E-state index in [1.165, 1.54) is 0 Å². The van der Waals surface area contributed by atoms with Crippen molar-refractivity contribution >= 4 is 5.91 Å². The number of benzene rings is 1. The van der Waals surface area contributed by atoms with Gasteiger partial charge in [0.1, 0.15) is 11.4 Å². The van der Waals surface area contributed by atoms with E-state index in [2.05, 4.69) is 17.3 Å². The second-order valence-corrected chi connectivity index (χ2v) is 5.42. The fraction of sp³-hybridized carbons (Fsp3) is 0.412. The third-order valence-corrected chi connectivity index (χ3v) is 3.68. The molecule has 0 radical (unpaired) electrons. The van der Waals surface area contributed by atoms with Gasteiger partial charge in [-0.2, -0.15) is 5.10 Å². The summed E-state index contributed by atoms with van der Waals surface area (Å²) < 4.78 is 1.63. The van der Waals surface area contributed by atoms with Crippen LogP contribution in [0.5, 0.6) is 5.75 Å². The molecule has 2 rings (SSSR count). The lowest BCUT2D eigenvalue weighted by atomic mass is 10.0. The smallest absolute Gasteiger partial charge is 0.270 e. The highest BCUT2D eigenvalue weighted by Crippen LogP contribution is 2.20. The summed E-state index contributed by atoms with van der Waals surface area (Å²) in [5, 5.41) is 16.8. The lowest BCUT2D eigenvalue weighted by Crippen LogP contribution is -2.29. The average Bonchev–Trinajstić information content (AvgIpc) is 2.87. The second-order valence-electron chi connectivity index (χ2n) is 5.42. The van der Waals surface area contributed by atoms with Crippen molar-refractivity contribution in [2.75, 3.05) is 0 Å². The van der Waals surface area contributed by atoms with E-state index in [0.717, 1.165) is 30.5 Å². The van der Waals surface area contributed by atoms with Crippen LogP contribution in [0.15, 0.2) is 30.3 Å². The zero-order valence-electron chi connectivity index (χ0n) is 13.3. The van der Waals surface area contributed by atoms with Gasteiger partial charge in [-0.1, -0.05) is 32.4 Å². The fourth-order valence-electron chi connectivity index (χ4n) is 2.48. The second kappa shape index (κ2) is 7.11. The Labute approximate surface area is 131 Å². The predicted octanol–water partition coefficient (Wildman–Crippen LogP) is 2.96. The van der Waals surface area contributed by atoms with Crippen LogP contribution in [0, 0.1) is 0 Å². The molecule has 118 valence electrons. The number of nitrogens with zero attached hydrogens (tertiary/aromatic N) is 2. The van der Waals surface area contributed by atoms with Gasteiger partial charge in [0, 0.05) is 7.05 Å². The van der Waals surface area contributed by atoms with Gasteiger partial charge in [-0.05, 0) is 36.6 Å². The minimum Gasteiger partial charge on any atom is -0.508 e. The van der Waals surface area contributed by atoms with E-state index in [1.807, 2.05) is 25.1 Å². The number of hydrogen-bond donors (Lipinski definition) is 2. The Kier molecular flexibility index (Phi) is 5.20. The topological polar surface area (TPSA) is 67.2 Å². The number of phenols is 1. The van der Waals surface area contributed by atoms with Gasteiger partial charge in [0.2, 0.25) is 0 Å². The zero-order chi connectivity index (χ0) is 16.1. The van der Waals surface area contributed by atoms with E-state index in [0.29, 0.717) is 5.69 Å². The van der Waals surface area contributed by atoms with Gasteiger partial charge in [0.15, 0.2) is 0 Å². The van der Waals surface area contributed by atoms with Crippen molar-refractivity contribution in [2.45, 2.75) is 39.2 Å². The van der Waals surface area contributed by atoms with Crippen LogP contribution in [-0.4, -0.2) is 20.8 Å². The van der Waals surface area contributed by atoms with Crippen LogP contribution in [0.2, 0.25) is 0 Å². The van der Waals surface area contributed by atoms with Crippen LogP contribution in [0.25, 0.3) is 0 Å². The molecular formula is C17H23N3O2. The van der Waals surface area contributed by atoms with Crippen LogP contribution in [0.4, 0.5) is 0 Å². The molecule has 0 unspecified atom stereocenters. The number of carbonyl (C=O) groups excluding carboxylic acids is 1. The van der Waals surface area contributed by atoms with Gasteiger partial charge in [-0.3, -0.25) is 9.48 Å². The Morgan fingerprint density at radius 2 is 2.00 bits per heavy atom. The first-order valence-electron chi connectivity index (χ1n) is 7.67. The standard InChI is InChI=1S/C17H23N3O2/c1-4-6-13-11-16(20(3)19-13)17(22)18-15(5-2)12-7-9-14(21)10-8-12/h7-11,15,21H,4-6H2,1-3H3,(H,18,22)/t15-/m1/s1. The average molecular weight is 301 g/mol. The third kappa shape index (κ3) is 3.67. The monoisotopic (exact) mass is 301 g/mol. The number of rotatable bonds is 6. The highest BCUT2D eigenvalue weighted by Gasteiger charge is 2.17. The van der Waals surface area contributed by atoms with Gasteiger partial charge in [-0.25, -0.2) is 0 Å². The molecule has 1 aromatic carbocycles. The molecular weight excluding hydrogens is 278 g/mol. The van der Waals surface area contributed by atoms with Crippen LogP contribution in [-0.2, 0) is 13.5 Å². The van der Waals surface area contributed by atoms with Gasteiger partial charge in [0.05, 0.1) is 11.7 Å². The van der Waals surface area contributed by atoms with Crippen molar-refractivity contribution in [1.82, 2.24) is 15.1 Å². The first kappa shape index (κ1) is 16.1. The summed E-state index contributed by atoms with van der Waals surface area (Å²) in [5.41, 5.74) is 2.48. The molecule has 5 heteroatoms. The van der Waals surface area contributed by atoms with E-state index < -0.39 is 0 Å². The minimum absolute atomic E-state index is 0.0855. The number of carbonyl (C=O) groups is 1. The molecule has 1 atom stereocenters. The lowest BCUT2D eigenvalue weighted by molar-refractivity contribution is 0.0926. The zero-order valence-corrected chi connectivity index (χ0v) is 13.3. The summed E-state index contributed by atoms with van der Waals surface area (Å²) in [7, 11) is 1.79. The molecule has 1 amide bonds. The molecule has 0 fully saturated rings. The van der Waals surface area contributed by atoms with Gasteiger partial charge in [-0.15, -0.1) is 0 Å². The summed E-state index contributed by atoms with van der Waals surface area (Å²) in [5.74, 6) is 0.0954. The molecule has 0 spiro atoms. The maximum absolute atomic E-state index is 12.5. The lowest BCUT2D eigenvalue weighted by Gasteiger charge is -2.17. The van der Waals surface area contributed by atoms with Crippen LogP contribution >= 0.6 is 0 Å². The Bertz CT molecular complexity index is 632. The first-order valence-corrected chi connectivity index (χ1v) is 7.67. The molecule has 0 saturated heterocycles. The van der Waals surface area contributed by atoms with Crippen molar-refractivity contribution in [3.63, 3.8) is 0 Å². The van der Waals surface area contributed by atoms with Crippen molar-refractivity contribution in [2.24, 2.45) is 7.05 Å². The van der Waals surface area contributed by atoms with Gasteiger partial charge in [0.25, 0.3) is 5.91 Å². The molecule has 1 heterocycles. The van der Waals surface area contributed by atoms with Crippen LogP contribution < -0.4 is 5.32 Å². The molecule has 2 N–H and O–H groups in total. The summed E-state index contributed by atoms with van der Waals surface area (Å²) in [6.45, 7) is 4.11. The van der Waals surface area contributed by atoms with E-state index in [9.17, 15) is 9.90 Å². The van der Waals surface area contributed by atoms with Gasteiger partial charge >= 0.3 is 0 Å². The largest absolute Gasteiger partial charge is 0.508 e. The normalized spacial score (nSPS) is 12.1. The highest BCUT2D eigenvalue weighted by molar-refractivity contribution is 5.92. The number of phenolic OH excluding ortho intramolecular Hbond substituents is 1. The summed E-state index contributed by atoms with van der Waals surface area (Å²) in [6.07, 6.45) is 2.65. The Hall–Kier alpha value is -2.30. The Morgan fingerprint density at radius 1 is 1.32 bits per heavy atom. The van der Waals surface area contributed by atoms with Crippen LogP contribution in [0.1, 0.15) is 54.5 Å². The highest BCUT2D eigenvalue weighted by atomic mass is 16.3. The summed E-state index contributed by atoms with van der Waals surface area (Å²) in [6, 6.07) is 8.69. The maximum atomic E-state index is 12.5. The number of amides is 1. The number of aryl methyl sites for hydroxylation is 2. The molecule has 0 aliphatic rings. The van der Waals surface area contributed by atoms with E-state index in [4.69, 9.17) is 0 Å². The summed E-state index contributed by atoms with van der Waals surface area (Å²) >= 11 is 0. The van der Waals surface area contributed by atoms with Crippen molar-refractivity contribution in [3.8, 4) is 5.75 Å². The molecule has 5 nitrogen and oxygen atoms in total. The fourth-order valence-corrected chi connectivity index (χ4v) is 2.48. The molecule has 2 aromatic rings. The van der Waals surface area contributed by atoms with E-state index >= 15 is 0 Å². The summed E-state index contributed by atoms with van der Waals surface area (Å²) in [4.78, 5) is 12.5. The number of nitrogens with one attached hydrogen (secondary N) is 1. The van der Waals surface area contributed by atoms with E-state index in [1.54, 1.807) is 23.9 Å². The quantitative estimate of drug-likeness (QED) is 0.862. The van der Waals surface area contributed by atoms with Crippen LogP contribution in [0.3, 0.4) is 0 Å². The number of aromatic hydroxyl groups is 1. The third-order valence-electron chi connectivity index (χ3n) is 3.68. The van der Waals surface area contributed by atoms with Crippen molar-refractivity contribution in [1.29, 1.82) is 0 Å². The molecule has 0 saturated carbocycles. The molecule has 1 aromatic heterocycles. The number of hydrogen-bond acceptors (Lipinski definition) is 3. The van der Waals surface area contributed by atoms with E-state index in [-0.39, 0.29) is 17.7 Å². The van der Waals surface area contributed by atoms with Crippen molar-refractivity contribution in [3.05, 3.63) is 47.3 Å². The molecule has 22 heavy (non-hydrogen) atoms. The predicted molar refractivity (Wildman–Crippen MR) is 85.8 cm³/mol. The minimum atomic E-state index is -0.128. The maximum Gasteiger partial charge on any atom is 0.270 e. The SMILES string of the molecule is CCCc1cc(C(=O)N[C@H](CC)c2ccc(O)cc2)n(C)n1. The Balaban J connectivity index is 2.13. The first-order chi connectivity index (χ1) is 10.5. The number of aromatic nitrogens is 2. The Morgan fingerprint density at radius 3 is 2.59 bits per heavy atom.